The third-order valence-electron chi connectivity index (χ3n) is 6.77. The zero-order valence-corrected chi connectivity index (χ0v) is 21.6. The molecular formula is C26H22ClN7O5. The minimum absolute atomic E-state index is 0.0755. The molecule has 0 N–H and O–H groups in total. The number of aromatic nitrogens is 1. The number of nitrogens with zero attached hydrogens (tertiary/aromatic N) is 7. The van der Waals surface area contributed by atoms with E-state index in [1.807, 2.05) is 6.92 Å². The van der Waals surface area contributed by atoms with Gasteiger partial charge in [-0.2, -0.15) is 10.5 Å². The summed E-state index contributed by atoms with van der Waals surface area (Å²) in [7, 11) is 1.56. The van der Waals surface area contributed by atoms with Crippen molar-refractivity contribution in [3.8, 4) is 12.1 Å². The van der Waals surface area contributed by atoms with E-state index in [0.29, 0.717) is 17.3 Å². The standard InChI is InChI=1S/C26H22ClN7O5/c1-3-32(14-17-6-11-21(27)30-13-17)25-23(34(37)38)22(20-5-4-12-39-20)26(15-28,16-29)24(31(25)2)18-7-9-19(10-8-18)33(35)36/h4-13,22,24H,3,14H2,1-2H3. The van der Waals surface area contributed by atoms with Crippen molar-refractivity contribution < 1.29 is 14.3 Å². The van der Waals surface area contributed by atoms with Gasteiger partial charge in [-0.1, -0.05) is 29.8 Å². The molecule has 1 aliphatic rings. The monoisotopic (exact) mass is 547 g/mol. The Labute approximate surface area is 228 Å². The molecule has 2 unspecified atom stereocenters. The highest BCUT2D eigenvalue weighted by Gasteiger charge is 2.62. The number of nitro benzene ring substituents is 1. The third-order valence-corrected chi connectivity index (χ3v) is 6.99. The summed E-state index contributed by atoms with van der Waals surface area (Å²) in [6.07, 6.45) is 2.88. The molecule has 2 atom stereocenters. The Balaban J connectivity index is 2.01. The van der Waals surface area contributed by atoms with Crippen molar-refractivity contribution >= 4 is 17.3 Å². The van der Waals surface area contributed by atoms with E-state index in [-0.39, 0.29) is 29.5 Å². The first-order chi connectivity index (χ1) is 18.7. The normalized spacial score (nSPS) is 18.2. The molecule has 0 saturated heterocycles. The molecule has 13 heteroatoms. The highest BCUT2D eigenvalue weighted by molar-refractivity contribution is 6.29. The minimum Gasteiger partial charge on any atom is -0.468 e. The summed E-state index contributed by atoms with van der Waals surface area (Å²) in [6.45, 7) is 2.35. The van der Waals surface area contributed by atoms with Crippen molar-refractivity contribution in [2.75, 3.05) is 13.6 Å². The molecule has 39 heavy (non-hydrogen) atoms. The number of non-ortho nitro benzene ring substituents is 1. The van der Waals surface area contributed by atoms with Crippen LogP contribution in [0.4, 0.5) is 5.69 Å². The number of benzene rings is 1. The van der Waals surface area contributed by atoms with Crippen molar-refractivity contribution in [1.82, 2.24) is 14.8 Å². The molecule has 1 aromatic carbocycles. The van der Waals surface area contributed by atoms with Crippen molar-refractivity contribution in [3.05, 3.63) is 115 Å². The predicted molar refractivity (Wildman–Crippen MR) is 138 cm³/mol. The van der Waals surface area contributed by atoms with E-state index >= 15 is 0 Å². The number of rotatable bonds is 8. The lowest BCUT2D eigenvalue weighted by molar-refractivity contribution is -0.438. The van der Waals surface area contributed by atoms with Gasteiger partial charge in [0.15, 0.2) is 11.2 Å². The minimum atomic E-state index is -2.03. The SMILES string of the molecule is CCN(Cc1ccc(Cl)nc1)C1=C([N+](=O)[O-])C(c2ccco2)C(C#N)(C#N)C(c2ccc([N+](=O)[O-])cc2)N1C. The lowest BCUT2D eigenvalue weighted by Crippen LogP contribution is -2.51. The second-order valence-electron chi connectivity index (χ2n) is 8.87. The largest absolute Gasteiger partial charge is 0.468 e. The van der Waals surface area contributed by atoms with E-state index in [4.69, 9.17) is 16.0 Å². The fraction of sp³-hybridized carbons (Fsp3) is 0.269. The van der Waals surface area contributed by atoms with Crippen LogP contribution < -0.4 is 0 Å². The topological polar surface area (TPSA) is 166 Å². The van der Waals surface area contributed by atoms with Gasteiger partial charge in [0.25, 0.3) is 11.4 Å². The maximum Gasteiger partial charge on any atom is 0.299 e. The Bertz CT molecular complexity index is 1480. The maximum absolute atomic E-state index is 12.7. The number of nitro groups is 2. The Hall–Kier alpha value is -4.94. The molecule has 0 amide bonds. The average Bonchev–Trinajstić information content (AvgIpc) is 3.46. The number of hydrogen-bond acceptors (Lipinski definition) is 10. The summed E-state index contributed by atoms with van der Waals surface area (Å²) in [5.74, 6) is -1.14. The summed E-state index contributed by atoms with van der Waals surface area (Å²) in [6, 6.07) is 14.9. The van der Waals surface area contributed by atoms with Crippen molar-refractivity contribution in [2.45, 2.75) is 25.4 Å². The van der Waals surface area contributed by atoms with Crippen LogP contribution in [0.1, 0.15) is 35.8 Å². The van der Waals surface area contributed by atoms with Crippen molar-refractivity contribution in [3.63, 3.8) is 0 Å². The van der Waals surface area contributed by atoms with E-state index in [1.54, 1.807) is 30.3 Å². The van der Waals surface area contributed by atoms with Crippen LogP contribution in [0.15, 0.2) is 76.9 Å². The number of halogens is 1. The van der Waals surface area contributed by atoms with Crippen LogP contribution in [0.25, 0.3) is 0 Å². The number of nitriles is 2. The summed E-state index contributed by atoms with van der Waals surface area (Å²) < 4.78 is 5.58. The van der Waals surface area contributed by atoms with Crippen LogP contribution in [0.2, 0.25) is 5.15 Å². The van der Waals surface area contributed by atoms with Gasteiger partial charge in [0.2, 0.25) is 0 Å². The fourth-order valence-corrected chi connectivity index (χ4v) is 5.21. The molecule has 3 aromatic rings. The molecular weight excluding hydrogens is 526 g/mol. The number of allylic oxidation sites excluding steroid dienone is 1. The van der Waals surface area contributed by atoms with Gasteiger partial charge in [-0.3, -0.25) is 20.2 Å². The molecule has 12 nitrogen and oxygen atoms in total. The lowest BCUT2D eigenvalue weighted by atomic mass is 9.65. The zero-order valence-electron chi connectivity index (χ0n) is 20.9. The van der Waals surface area contributed by atoms with Crippen LogP contribution in [0.3, 0.4) is 0 Å². The second-order valence-corrected chi connectivity index (χ2v) is 9.26. The summed E-state index contributed by atoms with van der Waals surface area (Å²) >= 11 is 5.93. The first-order valence-corrected chi connectivity index (χ1v) is 12.1. The Morgan fingerprint density at radius 3 is 2.31 bits per heavy atom. The molecule has 3 heterocycles. The van der Waals surface area contributed by atoms with Gasteiger partial charge in [0, 0.05) is 38.5 Å². The van der Waals surface area contributed by atoms with E-state index in [0.717, 1.165) is 5.56 Å². The molecule has 0 aliphatic carbocycles. The Morgan fingerprint density at radius 2 is 1.82 bits per heavy atom. The van der Waals surface area contributed by atoms with Crippen LogP contribution in [-0.2, 0) is 6.54 Å². The molecule has 0 bridgehead atoms. The molecule has 4 rings (SSSR count). The van der Waals surface area contributed by atoms with Gasteiger partial charge < -0.3 is 14.2 Å². The highest BCUT2D eigenvalue weighted by Crippen LogP contribution is 2.56. The number of furan rings is 1. The van der Waals surface area contributed by atoms with Gasteiger partial charge in [0.05, 0.1) is 34.3 Å². The number of pyridine rings is 1. The van der Waals surface area contributed by atoms with Gasteiger partial charge in [-0.15, -0.1) is 0 Å². The summed E-state index contributed by atoms with van der Waals surface area (Å²) in [5.41, 5.74) is -1.46. The quantitative estimate of drug-likeness (QED) is 0.212. The van der Waals surface area contributed by atoms with Crippen molar-refractivity contribution in [2.24, 2.45) is 5.41 Å². The van der Waals surface area contributed by atoms with E-state index in [1.165, 1.54) is 47.6 Å². The average molecular weight is 548 g/mol. The molecule has 2 aromatic heterocycles. The van der Waals surface area contributed by atoms with E-state index in [2.05, 4.69) is 17.1 Å². The smallest absolute Gasteiger partial charge is 0.299 e. The molecule has 0 radical (unpaired) electrons. The molecule has 0 spiro atoms. The second kappa shape index (κ2) is 10.8. The molecule has 0 saturated carbocycles. The van der Waals surface area contributed by atoms with E-state index in [9.17, 15) is 30.8 Å². The van der Waals surface area contributed by atoms with Crippen molar-refractivity contribution in [1.29, 1.82) is 10.5 Å². The Kier molecular flexibility index (Phi) is 7.51. The molecule has 1 aliphatic heterocycles. The van der Waals surface area contributed by atoms with Gasteiger partial charge >= 0.3 is 0 Å². The molecule has 0 fully saturated rings. The van der Waals surface area contributed by atoms with Gasteiger partial charge in [0.1, 0.15) is 16.8 Å². The summed E-state index contributed by atoms with van der Waals surface area (Å²) in [4.78, 5) is 30.2. The Morgan fingerprint density at radius 1 is 1.13 bits per heavy atom. The van der Waals surface area contributed by atoms with Crippen LogP contribution in [0, 0.1) is 48.3 Å². The first-order valence-electron chi connectivity index (χ1n) is 11.8. The van der Waals surface area contributed by atoms with Crippen LogP contribution in [0.5, 0.6) is 0 Å². The third kappa shape index (κ3) is 4.74. The van der Waals surface area contributed by atoms with E-state index < -0.39 is 27.2 Å². The first kappa shape index (κ1) is 27.1. The number of hydrogen-bond donors (Lipinski definition) is 0. The predicted octanol–water partition coefficient (Wildman–Crippen LogP) is 5.01. The van der Waals surface area contributed by atoms with Gasteiger partial charge in [-0.05, 0) is 36.2 Å². The summed E-state index contributed by atoms with van der Waals surface area (Å²) in [5, 5.41) is 45.3. The fourth-order valence-electron chi connectivity index (χ4n) is 5.10. The lowest BCUT2D eigenvalue weighted by Gasteiger charge is -2.47. The van der Waals surface area contributed by atoms with Gasteiger partial charge in [-0.25, -0.2) is 4.98 Å². The maximum atomic E-state index is 12.7. The highest BCUT2D eigenvalue weighted by atomic mass is 35.5. The molecule has 198 valence electrons. The van der Waals surface area contributed by atoms with Crippen LogP contribution in [-0.4, -0.2) is 38.2 Å². The zero-order chi connectivity index (χ0) is 28.3. The van der Waals surface area contributed by atoms with Crippen LogP contribution >= 0.6 is 11.6 Å².